The molecule has 0 unspecified atom stereocenters. The van der Waals surface area contributed by atoms with Crippen molar-refractivity contribution in [3.8, 4) is 0 Å². The zero-order chi connectivity index (χ0) is 10.2. The standard InChI is InChI=1S/C10H19F2NO/c11-10(12)8-14-7-3-1-2-6-13-9-4-5-9/h9-10,13H,1-8H2. The van der Waals surface area contributed by atoms with Crippen molar-refractivity contribution >= 4 is 0 Å². The zero-order valence-electron chi connectivity index (χ0n) is 8.48. The van der Waals surface area contributed by atoms with E-state index in [-0.39, 0.29) is 0 Å². The van der Waals surface area contributed by atoms with Crippen molar-refractivity contribution in [3.05, 3.63) is 0 Å². The number of halogens is 2. The van der Waals surface area contributed by atoms with Gasteiger partial charge in [0.2, 0.25) is 0 Å². The quantitative estimate of drug-likeness (QED) is 0.585. The molecule has 1 fully saturated rings. The van der Waals surface area contributed by atoms with Crippen LogP contribution in [0, 0.1) is 0 Å². The van der Waals surface area contributed by atoms with Crippen molar-refractivity contribution in [1.29, 1.82) is 0 Å². The minimum Gasteiger partial charge on any atom is -0.376 e. The van der Waals surface area contributed by atoms with Crippen LogP contribution < -0.4 is 5.32 Å². The van der Waals surface area contributed by atoms with Gasteiger partial charge in [-0.25, -0.2) is 8.78 Å². The first-order valence-electron chi connectivity index (χ1n) is 5.38. The van der Waals surface area contributed by atoms with Crippen molar-refractivity contribution < 1.29 is 13.5 Å². The van der Waals surface area contributed by atoms with E-state index in [9.17, 15) is 8.78 Å². The van der Waals surface area contributed by atoms with Crippen LogP contribution >= 0.6 is 0 Å². The first kappa shape index (κ1) is 11.9. The topological polar surface area (TPSA) is 21.3 Å². The highest BCUT2D eigenvalue weighted by Crippen LogP contribution is 2.18. The smallest absolute Gasteiger partial charge is 0.261 e. The second-order valence-corrected chi connectivity index (χ2v) is 3.76. The van der Waals surface area contributed by atoms with Crippen LogP contribution in [0.15, 0.2) is 0 Å². The van der Waals surface area contributed by atoms with Gasteiger partial charge in [0, 0.05) is 12.6 Å². The lowest BCUT2D eigenvalue weighted by atomic mass is 10.2. The third-order valence-corrected chi connectivity index (χ3v) is 2.22. The second kappa shape index (κ2) is 7.12. The molecule has 1 aliphatic carbocycles. The Labute approximate surface area is 84.0 Å². The first-order chi connectivity index (χ1) is 6.79. The van der Waals surface area contributed by atoms with E-state index < -0.39 is 13.0 Å². The molecule has 1 rings (SSSR count). The average molecular weight is 207 g/mol. The third kappa shape index (κ3) is 7.21. The van der Waals surface area contributed by atoms with Gasteiger partial charge in [0.05, 0.1) is 0 Å². The van der Waals surface area contributed by atoms with Gasteiger partial charge in [-0.15, -0.1) is 0 Å². The maximum atomic E-state index is 11.6. The van der Waals surface area contributed by atoms with E-state index in [0.717, 1.165) is 31.8 Å². The average Bonchev–Trinajstić information content (AvgIpc) is 2.92. The Morgan fingerprint density at radius 1 is 1.21 bits per heavy atom. The fourth-order valence-corrected chi connectivity index (χ4v) is 1.27. The molecule has 14 heavy (non-hydrogen) atoms. The normalized spacial score (nSPS) is 16.5. The number of rotatable bonds is 9. The van der Waals surface area contributed by atoms with Crippen LogP contribution in [0.1, 0.15) is 32.1 Å². The van der Waals surface area contributed by atoms with Gasteiger partial charge in [-0.1, -0.05) is 0 Å². The molecule has 0 amide bonds. The molecule has 0 aromatic carbocycles. The Hall–Kier alpha value is -0.220. The van der Waals surface area contributed by atoms with E-state index in [1.165, 1.54) is 12.8 Å². The molecule has 4 heteroatoms. The van der Waals surface area contributed by atoms with E-state index in [4.69, 9.17) is 4.74 Å². The summed E-state index contributed by atoms with van der Waals surface area (Å²) in [5.41, 5.74) is 0. The van der Waals surface area contributed by atoms with Gasteiger partial charge in [-0.3, -0.25) is 0 Å². The van der Waals surface area contributed by atoms with Crippen molar-refractivity contribution in [2.75, 3.05) is 19.8 Å². The molecule has 0 spiro atoms. The number of hydrogen-bond donors (Lipinski definition) is 1. The molecule has 0 aliphatic heterocycles. The molecule has 0 aromatic rings. The summed E-state index contributed by atoms with van der Waals surface area (Å²) in [6, 6.07) is 0.769. The molecule has 0 heterocycles. The van der Waals surface area contributed by atoms with Gasteiger partial charge in [0.25, 0.3) is 6.43 Å². The van der Waals surface area contributed by atoms with Crippen LogP contribution in [0.2, 0.25) is 0 Å². The Kier molecular flexibility index (Phi) is 6.03. The van der Waals surface area contributed by atoms with Gasteiger partial charge >= 0.3 is 0 Å². The van der Waals surface area contributed by atoms with E-state index in [1.807, 2.05) is 0 Å². The molecule has 84 valence electrons. The number of nitrogens with one attached hydrogen (secondary N) is 1. The van der Waals surface area contributed by atoms with Crippen molar-refractivity contribution in [2.24, 2.45) is 0 Å². The zero-order valence-corrected chi connectivity index (χ0v) is 8.48. The van der Waals surface area contributed by atoms with Crippen LogP contribution in [-0.2, 0) is 4.74 Å². The van der Waals surface area contributed by atoms with E-state index >= 15 is 0 Å². The largest absolute Gasteiger partial charge is 0.376 e. The lowest BCUT2D eigenvalue weighted by molar-refractivity contribution is 0.0162. The van der Waals surface area contributed by atoms with E-state index in [1.54, 1.807) is 0 Å². The molecular formula is C10H19F2NO. The maximum Gasteiger partial charge on any atom is 0.261 e. The number of ether oxygens (including phenoxy) is 1. The molecule has 0 bridgehead atoms. The highest BCUT2D eigenvalue weighted by molar-refractivity contribution is 4.80. The third-order valence-electron chi connectivity index (χ3n) is 2.22. The minimum absolute atomic E-state index is 0.416. The van der Waals surface area contributed by atoms with Gasteiger partial charge in [-0.05, 0) is 38.6 Å². The second-order valence-electron chi connectivity index (χ2n) is 3.76. The number of alkyl halides is 2. The van der Waals surface area contributed by atoms with Crippen LogP contribution in [-0.4, -0.2) is 32.2 Å². The molecule has 0 atom stereocenters. The van der Waals surface area contributed by atoms with E-state index in [0.29, 0.717) is 6.61 Å². The SMILES string of the molecule is FC(F)COCCCCCNC1CC1. The van der Waals surface area contributed by atoms with Crippen LogP contribution in [0.4, 0.5) is 8.78 Å². The summed E-state index contributed by atoms with van der Waals surface area (Å²) in [7, 11) is 0. The molecule has 1 aliphatic rings. The predicted molar refractivity (Wildman–Crippen MR) is 51.7 cm³/mol. The van der Waals surface area contributed by atoms with Crippen LogP contribution in [0.5, 0.6) is 0 Å². The monoisotopic (exact) mass is 207 g/mol. The number of hydrogen-bond acceptors (Lipinski definition) is 2. The molecule has 0 radical (unpaired) electrons. The maximum absolute atomic E-state index is 11.6. The number of unbranched alkanes of at least 4 members (excludes halogenated alkanes) is 2. The summed E-state index contributed by atoms with van der Waals surface area (Å²) in [6.07, 6.45) is 3.37. The highest BCUT2D eigenvalue weighted by Gasteiger charge is 2.19. The van der Waals surface area contributed by atoms with Gasteiger partial charge in [0.1, 0.15) is 6.61 Å². The molecule has 1 N–H and O–H groups in total. The summed E-state index contributed by atoms with van der Waals surface area (Å²) in [5.74, 6) is 0. The van der Waals surface area contributed by atoms with Crippen LogP contribution in [0.3, 0.4) is 0 Å². The lowest BCUT2D eigenvalue weighted by Gasteiger charge is -2.04. The molecule has 0 aromatic heterocycles. The summed E-state index contributed by atoms with van der Waals surface area (Å²) in [6.45, 7) is 1.10. The Morgan fingerprint density at radius 2 is 2.00 bits per heavy atom. The predicted octanol–water partition coefficient (Wildman–Crippen LogP) is 2.19. The molecule has 1 saturated carbocycles. The summed E-state index contributed by atoms with van der Waals surface area (Å²) in [5, 5.41) is 3.40. The van der Waals surface area contributed by atoms with Crippen molar-refractivity contribution in [3.63, 3.8) is 0 Å². The fraction of sp³-hybridized carbons (Fsp3) is 1.00. The summed E-state index contributed by atoms with van der Waals surface area (Å²) < 4.78 is 28.0. The fourth-order valence-electron chi connectivity index (χ4n) is 1.27. The Balaban J connectivity index is 1.66. The first-order valence-corrected chi connectivity index (χ1v) is 5.38. The van der Waals surface area contributed by atoms with Crippen molar-refractivity contribution in [1.82, 2.24) is 5.32 Å². The molecular weight excluding hydrogens is 188 g/mol. The molecule has 2 nitrogen and oxygen atoms in total. The highest BCUT2D eigenvalue weighted by atomic mass is 19.3. The van der Waals surface area contributed by atoms with E-state index in [2.05, 4.69) is 5.32 Å². The van der Waals surface area contributed by atoms with Gasteiger partial charge in [0.15, 0.2) is 0 Å². The Morgan fingerprint density at radius 3 is 2.64 bits per heavy atom. The summed E-state index contributed by atoms with van der Waals surface area (Å²) >= 11 is 0. The summed E-state index contributed by atoms with van der Waals surface area (Å²) in [4.78, 5) is 0. The van der Waals surface area contributed by atoms with Gasteiger partial charge in [-0.2, -0.15) is 0 Å². The Bertz CT molecular complexity index is 132. The lowest BCUT2D eigenvalue weighted by Crippen LogP contribution is -2.17. The van der Waals surface area contributed by atoms with Crippen LogP contribution in [0.25, 0.3) is 0 Å². The van der Waals surface area contributed by atoms with Gasteiger partial charge < -0.3 is 10.1 Å². The molecule has 0 saturated heterocycles. The minimum atomic E-state index is -2.33. The van der Waals surface area contributed by atoms with Crippen molar-refractivity contribution in [2.45, 2.75) is 44.6 Å².